The Labute approximate surface area is 108 Å². The van der Waals surface area contributed by atoms with E-state index in [1.165, 1.54) is 0 Å². The third-order valence-electron chi connectivity index (χ3n) is 2.70. The zero-order valence-corrected chi connectivity index (χ0v) is 11.2. The third-order valence-corrected chi connectivity index (χ3v) is 4.24. The van der Waals surface area contributed by atoms with Gasteiger partial charge in [0.1, 0.15) is 0 Å². The van der Waals surface area contributed by atoms with Crippen LogP contribution in [0.4, 0.5) is 0 Å². The van der Waals surface area contributed by atoms with Gasteiger partial charge in [-0.2, -0.15) is 0 Å². The first kappa shape index (κ1) is 12.8. The zero-order chi connectivity index (χ0) is 13.0. The Kier molecular flexibility index (Phi) is 3.82. The average molecular weight is 260 g/mol. The minimum atomic E-state index is -3.10. The molecule has 0 aliphatic heterocycles. The SMILES string of the molecule is Cc1cccc(CS(=O)(=O)Cc2ccccc2)c1. The van der Waals surface area contributed by atoms with Crippen molar-refractivity contribution in [1.82, 2.24) is 0 Å². The van der Waals surface area contributed by atoms with Crippen LogP contribution in [0.15, 0.2) is 54.6 Å². The molecule has 2 aromatic rings. The van der Waals surface area contributed by atoms with E-state index < -0.39 is 9.84 Å². The Bertz CT molecular complexity index is 616. The molecule has 0 fully saturated rings. The van der Waals surface area contributed by atoms with Crippen molar-refractivity contribution in [3.63, 3.8) is 0 Å². The third kappa shape index (κ3) is 3.70. The van der Waals surface area contributed by atoms with Crippen molar-refractivity contribution in [3.8, 4) is 0 Å². The normalized spacial score (nSPS) is 11.4. The second-order valence-electron chi connectivity index (χ2n) is 4.51. The lowest BCUT2D eigenvalue weighted by Gasteiger charge is -2.05. The highest BCUT2D eigenvalue weighted by molar-refractivity contribution is 7.89. The van der Waals surface area contributed by atoms with Gasteiger partial charge in [-0.3, -0.25) is 0 Å². The molecule has 94 valence electrons. The molecule has 18 heavy (non-hydrogen) atoms. The summed E-state index contributed by atoms with van der Waals surface area (Å²) in [6.45, 7) is 1.97. The lowest BCUT2D eigenvalue weighted by molar-refractivity contribution is 0.594. The number of aryl methyl sites for hydroxylation is 1. The fourth-order valence-electron chi connectivity index (χ4n) is 1.94. The summed E-state index contributed by atoms with van der Waals surface area (Å²) in [6, 6.07) is 16.9. The number of rotatable bonds is 4. The van der Waals surface area contributed by atoms with Crippen molar-refractivity contribution < 1.29 is 8.42 Å². The fourth-order valence-corrected chi connectivity index (χ4v) is 3.42. The largest absolute Gasteiger partial charge is 0.228 e. The molecule has 0 aliphatic carbocycles. The molecule has 0 spiro atoms. The summed E-state index contributed by atoms with van der Waals surface area (Å²) >= 11 is 0. The minimum absolute atomic E-state index is 0.0990. The maximum Gasteiger partial charge on any atom is 0.158 e. The topological polar surface area (TPSA) is 34.1 Å². The van der Waals surface area contributed by atoms with Gasteiger partial charge >= 0.3 is 0 Å². The van der Waals surface area contributed by atoms with Gasteiger partial charge < -0.3 is 0 Å². The first-order chi connectivity index (χ1) is 8.55. The first-order valence-corrected chi connectivity index (χ1v) is 7.67. The summed E-state index contributed by atoms with van der Waals surface area (Å²) in [7, 11) is -3.10. The van der Waals surface area contributed by atoms with Crippen LogP contribution in [0.25, 0.3) is 0 Å². The smallest absolute Gasteiger partial charge is 0.158 e. The van der Waals surface area contributed by atoms with E-state index in [1.807, 2.05) is 61.5 Å². The van der Waals surface area contributed by atoms with E-state index in [0.29, 0.717) is 0 Å². The van der Waals surface area contributed by atoms with Crippen LogP contribution in [-0.2, 0) is 21.3 Å². The highest BCUT2D eigenvalue weighted by Crippen LogP contribution is 2.13. The van der Waals surface area contributed by atoms with Crippen molar-refractivity contribution in [2.45, 2.75) is 18.4 Å². The molecule has 3 heteroatoms. The Morgan fingerprint density at radius 2 is 1.44 bits per heavy atom. The van der Waals surface area contributed by atoms with Crippen LogP contribution in [0.3, 0.4) is 0 Å². The molecule has 0 heterocycles. The van der Waals surface area contributed by atoms with E-state index in [2.05, 4.69) is 0 Å². The molecule has 0 amide bonds. The molecule has 2 nitrogen and oxygen atoms in total. The van der Waals surface area contributed by atoms with Gasteiger partial charge in [0.15, 0.2) is 9.84 Å². The van der Waals surface area contributed by atoms with E-state index in [-0.39, 0.29) is 11.5 Å². The van der Waals surface area contributed by atoms with Gasteiger partial charge in [0.2, 0.25) is 0 Å². The highest BCUT2D eigenvalue weighted by Gasteiger charge is 2.12. The summed E-state index contributed by atoms with van der Waals surface area (Å²) < 4.78 is 24.2. The zero-order valence-electron chi connectivity index (χ0n) is 10.3. The lowest BCUT2D eigenvalue weighted by atomic mass is 10.2. The van der Waals surface area contributed by atoms with E-state index in [1.54, 1.807) is 0 Å². The second-order valence-corrected chi connectivity index (χ2v) is 6.57. The lowest BCUT2D eigenvalue weighted by Crippen LogP contribution is -2.07. The molecule has 0 atom stereocenters. The van der Waals surface area contributed by atoms with Crippen molar-refractivity contribution in [1.29, 1.82) is 0 Å². The summed E-state index contributed by atoms with van der Waals surface area (Å²) in [6.07, 6.45) is 0. The van der Waals surface area contributed by atoms with Gasteiger partial charge in [-0.05, 0) is 18.1 Å². The molecule has 2 rings (SSSR count). The molecule has 2 aromatic carbocycles. The highest BCUT2D eigenvalue weighted by atomic mass is 32.2. The van der Waals surface area contributed by atoms with E-state index >= 15 is 0 Å². The maximum absolute atomic E-state index is 12.1. The first-order valence-electron chi connectivity index (χ1n) is 5.85. The monoisotopic (exact) mass is 260 g/mol. The maximum atomic E-state index is 12.1. The van der Waals surface area contributed by atoms with Crippen LogP contribution < -0.4 is 0 Å². The number of benzene rings is 2. The Morgan fingerprint density at radius 3 is 2.11 bits per heavy atom. The Morgan fingerprint density at radius 1 is 0.833 bits per heavy atom. The van der Waals surface area contributed by atoms with Crippen molar-refractivity contribution in [3.05, 3.63) is 71.3 Å². The quantitative estimate of drug-likeness (QED) is 0.846. The summed E-state index contributed by atoms with van der Waals surface area (Å²) in [5, 5.41) is 0. The predicted molar refractivity (Wildman–Crippen MR) is 73.9 cm³/mol. The average Bonchev–Trinajstić information content (AvgIpc) is 2.28. The molecular formula is C15H16O2S. The predicted octanol–water partition coefficient (Wildman–Crippen LogP) is 3.11. The van der Waals surface area contributed by atoms with Gasteiger partial charge in [0.05, 0.1) is 11.5 Å². The summed E-state index contributed by atoms with van der Waals surface area (Å²) in [5.74, 6) is 0.200. The second kappa shape index (κ2) is 5.36. The van der Waals surface area contributed by atoms with E-state index in [4.69, 9.17) is 0 Å². The van der Waals surface area contributed by atoms with Crippen LogP contribution in [0.5, 0.6) is 0 Å². The van der Waals surface area contributed by atoms with Crippen LogP contribution in [0.1, 0.15) is 16.7 Å². The van der Waals surface area contributed by atoms with Gasteiger partial charge in [-0.25, -0.2) is 8.42 Å². The molecule has 0 saturated carbocycles. The number of hydrogen-bond donors (Lipinski definition) is 0. The Balaban J connectivity index is 2.13. The number of hydrogen-bond acceptors (Lipinski definition) is 2. The van der Waals surface area contributed by atoms with Crippen LogP contribution in [0, 0.1) is 6.92 Å². The molecular weight excluding hydrogens is 244 g/mol. The minimum Gasteiger partial charge on any atom is -0.228 e. The molecule has 0 radical (unpaired) electrons. The van der Waals surface area contributed by atoms with Crippen LogP contribution in [-0.4, -0.2) is 8.42 Å². The van der Waals surface area contributed by atoms with Gasteiger partial charge in [-0.1, -0.05) is 60.2 Å². The molecule has 0 aliphatic rings. The molecule has 0 saturated heterocycles. The van der Waals surface area contributed by atoms with Crippen molar-refractivity contribution in [2.24, 2.45) is 0 Å². The molecule has 0 unspecified atom stereocenters. The molecule has 0 aromatic heterocycles. The van der Waals surface area contributed by atoms with Crippen molar-refractivity contribution >= 4 is 9.84 Å². The van der Waals surface area contributed by atoms with Gasteiger partial charge in [0.25, 0.3) is 0 Å². The summed E-state index contributed by atoms with van der Waals surface area (Å²) in [5.41, 5.74) is 2.78. The van der Waals surface area contributed by atoms with Gasteiger partial charge in [-0.15, -0.1) is 0 Å². The van der Waals surface area contributed by atoms with Crippen molar-refractivity contribution in [2.75, 3.05) is 0 Å². The molecule has 0 bridgehead atoms. The van der Waals surface area contributed by atoms with Crippen LogP contribution >= 0.6 is 0 Å². The Hall–Kier alpha value is -1.61. The van der Waals surface area contributed by atoms with E-state index in [0.717, 1.165) is 16.7 Å². The standard InChI is InChI=1S/C15H16O2S/c1-13-6-5-9-15(10-13)12-18(16,17)11-14-7-3-2-4-8-14/h2-10H,11-12H2,1H3. The fraction of sp³-hybridized carbons (Fsp3) is 0.200. The van der Waals surface area contributed by atoms with E-state index in [9.17, 15) is 8.42 Å². The van der Waals surface area contributed by atoms with Gasteiger partial charge in [0, 0.05) is 0 Å². The van der Waals surface area contributed by atoms with Crippen LogP contribution in [0.2, 0.25) is 0 Å². The number of sulfone groups is 1. The molecule has 0 N–H and O–H groups in total. The summed E-state index contributed by atoms with van der Waals surface area (Å²) in [4.78, 5) is 0.